The summed E-state index contributed by atoms with van der Waals surface area (Å²) in [5.41, 5.74) is 25.6. The van der Waals surface area contributed by atoms with Gasteiger partial charge in [-0.1, -0.05) is 128 Å². The van der Waals surface area contributed by atoms with E-state index >= 15 is 0 Å². The molecule has 3 aliphatic rings. The van der Waals surface area contributed by atoms with Crippen LogP contribution in [0.15, 0.2) is 206 Å². The lowest BCUT2D eigenvalue weighted by molar-refractivity contribution is 0.415. The summed E-state index contributed by atoms with van der Waals surface area (Å²) in [7, 11) is 3.41. The Morgan fingerprint density at radius 1 is 0.451 bits per heavy atom. The predicted octanol–water partition coefficient (Wildman–Crippen LogP) is 18.2. The zero-order valence-corrected chi connectivity index (χ0v) is 49.3. The summed E-state index contributed by atoms with van der Waals surface area (Å²) in [6.07, 6.45) is 0. The smallest absolute Gasteiger partial charge is 0.256 e. The van der Waals surface area contributed by atoms with Gasteiger partial charge in [0.05, 0.1) is 14.2 Å². The number of ether oxygens (including phenoxy) is 3. The highest BCUT2D eigenvalue weighted by molar-refractivity contribution is 6.99. The standard InChI is InChI=1S/C75H70BN3O3/c1-47-39-58(78(54-28-33-59(80-11)34-29-54)55-30-35-60(81-12)36-31-55)40-48(2)71(47)49-23-26-56(27-24-49)79-67-41-50(73(3,4)5)25-38-65(67)76-66-46-64-62(45-69(66)82-70-43-51(74(6,7)8)42-68(79)72(70)76)61-37-32-57(44-63(61)75(64,9)10)77(52-19-15-13-16-20-52)53-21-17-14-18-22-53/h13-46H,1-12H3. The summed E-state index contributed by atoms with van der Waals surface area (Å²) < 4.78 is 18.5. The number of methoxy groups -OCH3 is 2. The van der Waals surface area contributed by atoms with Crippen molar-refractivity contribution in [2.24, 2.45) is 0 Å². The maximum Gasteiger partial charge on any atom is 0.256 e. The van der Waals surface area contributed by atoms with Crippen molar-refractivity contribution in [2.45, 2.75) is 85.5 Å². The highest BCUT2D eigenvalue weighted by Gasteiger charge is 2.46. The van der Waals surface area contributed by atoms with Crippen LogP contribution in [0.5, 0.6) is 23.0 Å². The second-order valence-corrected chi connectivity index (χ2v) is 25.1. The summed E-state index contributed by atoms with van der Waals surface area (Å²) in [5, 5.41) is 0. The molecule has 0 spiro atoms. The molecule has 406 valence electrons. The largest absolute Gasteiger partial charge is 0.497 e. The Morgan fingerprint density at radius 3 is 1.54 bits per heavy atom. The predicted molar refractivity (Wildman–Crippen MR) is 345 cm³/mol. The molecule has 10 aromatic rings. The minimum absolute atomic E-state index is 0.0615. The number of rotatable bonds is 10. The van der Waals surface area contributed by atoms with E-state index in [-0.39, 0.29) is 23.0 Å². The molecule has 13 rings (SSSR count). The van der Waals surface area contributed by atoms with Crippen LogP contribution in [0.4, 0.5) is 51.2 Å². The molecule has 7 heteroatoms. The summed E-state index contributed by atoms with van der Waals surface area (Å²) >= 11 is 0. The first kappa shape index (κ1) is 52.4. The minimum Gasteiger partial charge on any atom is -0.497 e. The molecule has 0 saturated carbocycles. The fraction of sp³-hybridized carbons (Fsp3) is 0.200. The second-order valence-electron chi connectivity index (χ2n) is 25.1. The number of aryl methyl sites for hydroxylation is 2. The third-order valence-electron chi connectivity index (χ3n) is 17.4. The average molecular weight is 1070 g/mol. The molecule has 6 nitrogen and oxygen atoms in total. The number of anilines is 9. The summed E-state index contributed by atoms with van der Waals surface area (Å²) in [6.45, 7) is 23.1. The molecule has 0 aromatic heterocycles. The molecular weight excluding hydrogens is 1000 g/mol. The van der Waals surface area contributed by atoms with Crippen LogP contribution in [0, 0.1) is 13.8 Å². The first-order chi connectivity index (χ1) is 39.4. The molecule has 2 aliphatic heterocycles. The lowest BCUT2D eigenvalue weighted by Crippen LogP contribution is -2.60. The van der Waals surface area contributed by atoms with E-state index in [9.17, 15) is 0 Å². The Balaban J connectivity index is 0.920. The van der Waals surface area contributed by atoms with Crippen molar-refractivity contribution >= 4 is 74.3 Å². The Hall–Kier alpha value is -8.94. The second kappa shape index (κ2) is 19.7. The summed E-state index contributed by atoms with van der Waals surface area (Å²) in [5.74, 6) is 3.48. The minimum atomic E-state index is -0.293. The average Bonchev–Trinajstić information content (AvgIpc) is 1.56. The van der Waals surface area contributed by atoms with Gasteiger partial charge in [0.15, 0.2) is 0 Å². The van der Waals surface area contributed by atoms with Gasteiger partial charge in [0.1, 0.15) is 23.0 Å². The van der Waals surface area contributed by atoms with E-state index in [1.54, 1.807) is 14.2 Å². The Morgan fingerprint density at radius 2 is 0.976 bits per heavy atom. The van der Waals surface area contributed by atoms with Crippen molar-refractivity contribution in [3.63, 3.8) is 0 Å². The van der Waals surface area contributed by atoms with Crippen LogP contribution in [0.25, 0.3) is 22.3 Å². The number of nitrogens with zero attached hydrogens (tertiary/aromatic N) is 3. The number of hydrogen-bond acceptors (Lipinski definition) is 6. The van der Waals surface area contributed by atoms with Crippen LogP contribution in [-0.2, 0) is 16.2 Å². The van der Waals surface area contributed by atoms with Crippen molar-refractivity contribution in [3.8, 4) is 45.3 Å². The summed E-state index contributed by atoms with van der Waals surface area (Å²) in [6, 6.07) is 75.7. The van der Waals surface area contributed by atoms with Gasteiger partial charge in [-0.3, -0.25) is 0 Å². The van der Waals surface area contributed by atoms with E-state index in [2.05, 4.69) is 266 Å². The van der Waals surface area contributed by atoms with Crippen LogP contribution in [-0.4, -0.2) is 20.9 Å². The molecule has 0 N–H and O–H groups in total. The van der Waals surface area contributed by atoms with Crippen molar-refractivity contribution in [3.05, 3.63) is 240 Å². The van der Waals surface area contributed by atoms with Gasteiger partial charge in [0.25, 0.3) is 6.71 Å². The normalized spacial score (nSPS) is 13.5. The van der Waals surface area contributed by atoms with Crippen LogP contribution in [0.3, 0.4) is 0 Å². The monoisotopic (exact) mass is 1070 g/mol. The van der Waals surface area contributed by atoms with Crippen LogP contribution < -0.4 is 45.3 Å². The molecule has 0 saturated heterocycles. The van der Waals surface area contributed by atoms with E-state index in [1.165, 1.54) is 77.7 Å². The van der Waals surface area contributed by atoms with E-state index in [0.717, 1.165) is 68.5 Å². The third-order valence-corrected chi connectivity index (χ3v) is 17.4. The molecule has 0 unspecified atom stereocenters. The van der Waals surface area contributed by atoms with Gasteiger partial charge >= 0.3 is 0 Å². The van der Waals surface area contributed by atoms with E-state index in [4.69, 9.17) is 14.2 Å². The van der Waals surface area contributed by atoms with Gasteiger partial charge in [-0.05, 0) is 230 Å². The molecule has 0 bridgehead atoms. The topological polar surface area (TPSA) is 37.4 Å². The van der Waals surface area contributed by atoms with Crippen LogP contribution >= 0.6 is 0 Å². The Kier molecular flexibility index (Phi) is 12.6. The van der Waals surface area contributed by atoms with E-state index < -0.39 is 0 Å². The fourth-order valence-corrected chi connectivity index (χ4v) is 13.1. The molecule has 10 aromatic carbocycles. The fourth-order valence-electron chi connectivity index (χ4n) is 13.1. The van der Waals surface area contributed by atoms with Crippen molar-refractivity contribution < 1.29 is 14.2 Å². The lowest BCUT2D eigenvalue weighted by atomic mass is 9.33. The number of benzene rings is 10. The van der Waals surface area contributed by atoms with Crippen LogP contribution in [0.1, 0.15) is 88.8 Å². The highest BCUT2D eigenvalue weighted by Crippen LogP contribution is 2.53. The van der Waals surface area contributed by atoms with Gasteiger partial charge in [-0.15, -0.1) is 0 Å². The molecular formula is C75H70BN3O3. The zero-order chi connectivity index (χ0) is 57.0. The maximum absolute atomic E-state index is 7.38. The number of para-hydroxylation sites is 2. The molecule has 2 heterocycles. The van der Waals surface area contributed by atoms with Crippen molar-refractivity contribution in [2.75, 3.05) is 28.9 Å². The summed E-state index contributed by atoms with van der Waals surface area (Å²) in [4.78, 5) is 7.19. The Bertz CT molecular complexity index is 3990. The highest BCUT2D eigenvalue weighted by atomic mass is 16.5. The van der Waals surface area contributed by atoms with Gasteiger partial charge < -0.3 is 28.9 Å². The van der Waals surface area contributed by atoms with Gasteiger partial charge in [0.2, 0.25) is 0 Å². The zero-order valence-electron chi connectivity index (χ0n) is 49.3. The molecule has 82 heavy (non-hydrogen) atoms. The first-order valence-electron chi connectivity index (χ1n) is 28.7. The number of fused-ring (bicyclic) bond motifs is 7. The molecule has 0 radical (unpaired) electrons. The van der Waals surface area contributed by atoms with E-state index in [1.807, 2.05) is 24.3 Å². The molecule has 1 aliphatic carbocycles. The first-order valence-corrected chi connectivity index (χ1v) is 28.7. The molecule has 0 fully saturated rings. The molecule has 0 atom stereocenters. The quantitative estimate of drug-likeness (QED) is 0.127. The number of hydrogen-bond donors (Lipinski definition) is 0. The van der Waals surface area contributed by atoms with Gasteiger partial charge in [-0.2, -0.15) is 0 Å². The molecule has 0 amide bonds. The van der Waals surface area contributed by atoms with Gasteiger partial charge in [0, 0.05) is 56.6 Å². The van der Waals surface area contributed by atoms with Gasteiger partial charge in [-0.25, -0.2) is 0 Å². The third kappa shape index (κ3) is 8.80. The lowest BCUT2D eigenvalue weighted by Gasteiger charge is -2.42. The Labute approximate surface area is 485 Å². The van der Waals surface area contributed by atoms with Crippen LogP contribution in [0.2, 0.25) is 0 Å². The van der Waals surface area contributed by atoms with E-state index in [0.29, 0.717) is 0 Å². The SMILES string of the molecule is COc1ccc(N(c2ccc(OC)cc2)c2cc(C)c(-c3ccc(N4c5cc(C(C)(C)C)ccc5B5c6cc7c(cc6Oc6cc(C(C)(C)C)cc4c65)-c4ccc(N(c5ccccc5)c5ccccc5)cc4C7(C)C)cc3)c(C)c2)cc1. The van der Waals surface area contributed by atoms with Crippen molar-refractivity contribution in [1.82, 2.24) is 0 Å². The van der Waals surface area contributed by atoms with Crippen molar-refractivity contribution in [1.29, 1.82) is 0 Å². The maximum atomic E-state index is 7.38.